The number of fused-ring (bicyclic) bond motifs is 1. The first-order valence-electron chi connectivity index (χ1n) is 9.68. The summed E-state index contributed by atoms with van der Waals surface area (Å²) in [5, 5.41) is 4.15. The molecular weight excluding hydrogens is 362 g/mol. The van der Waals surface area contributed by atoms with Crippen LogP contribution in [0.3, 0.4) is 0 Å². The third-order valence-corrected chi connectivity index (χ3v) is 4.92. The van der Waals surface area contributed by atoms with E-state index >= 15 is 0 Å². The number of aryl methyl sites for hydroxylation is 2. The molecule has 0 saturated carbocycles. The fraction of sp³-hybridized carbons (Fsp3) is 0.455. The molecule has 1 N–H and O–H groups in total. The molecule has 0 atom stereocenters. The molecule has 2 aromatic carbocycles. The van der Waals surface area contributed by atoms with E-state index in [4.69, 9.17) is 25.8 Å². The van der Waals surface area contributed by atoms with Crippen LogP contribution in [-0.2, 0) is 12.8 Å². The van der Waals surface area contributed by atoms with Crippen molar-refractivity contribution >= 4 is 11.6 Å². The molecule has 0 amide bonds. The van der Waals surface area contributed by atoms with Gasteiger partial charge in [-0.15, -0.1) is 0 Å². The Labute approximate surface area is 166 Å². The van der Waals surface area contributed by atoms with E-state index in [1.807, 2.05) is 24.3 Å². The maximum atomic E-state index is 6.19. The minimum atomic E-state index is 0.606. The number of nitrogens with one attached hydrogen (secondary N) is 1. The Bertz CT molecular complexity index is 718. The van der Waals surface area contributed by atoms with Gasteiger partial charge >= 0.3 is 0 Å². The van der Waals surface area contributed by atoms with Gasteiger partial charge in [0.05, 0.1) is 13.7 Å². The molecule has 0 aromatic heterocycles. The monoisotopic (exact) mass is 389 g/mol. The van der Waals surface area contributed by atoms with Gasteiger partial charge in [-0.25, -0.2) is 0 Å². The number of methoxy groups -OCH3 is 1. The van der Waals surface area contributed by atoms with Gasteiger partial charge in [-0.3, -0.25) is 0 Å². The number of unbranched alkanes of at least 4 members (excludes halogenated alkanes) is 1. The zero-order valence-electron chi connectivity index (χ0n) is 15.9. The average Bonchev–Trinajstić information content (AvgIpc) is 2.70. The van der Waals surface area contributed by atoms with Crippen LogP contribution in [-0.4, -0.2) is 33.4 Å². The number of hydrogen-bond acceptors (Lipinski definition) is 4. The molecule has 0 bridgehead atoms. The quantitative estimate of drug-likeness (QED) is 0.599. The van der Waals surface area contributed by atoms with Gasteiger partial charge in [0.25, 0.3) is 0 Å². The van der Waals surface area contributed by atoms with E-state index in [-0.39, 0.29) is 0 Å². The van der Waals surface area contributed by atoms with E-state index < -0.39 is 0 Å². The number of halogens is 1. The first-order valence-corrected chi connectivity index (χ1v) is 10.1. The second kappa shape index (κ2) is 10.4. The summed E-state index contributed by atoms with van der Waals surface area (Å²) in [6.45, 7) is 3.15. The fourth-order valence-corrected chi connectivity index (χ4v) is 3.48. The zero-order valence-corrected chi connectivity index (χ0v) is 16.7. The minimum Gasteiger partial charge on any atom is -0.497 e. The van der Waals surface area contributed by atoms with Crippen molar-refractivity contribution in [2.45, 2.75) is 32.1 Å². The van der Waals surface area contributed by atoms with Crippen molar-refractivity contribution in [2.24, 2.45) is 0 Å². The maximum absolute atomic E-state index is 6.19. The topological polar surface area (TPSA) is 39.7 Å². The molecule has 0 spiro atoms. The molecule has 0 fully saturated rings. The summed E-state index contributed by atoms with van der Waals surface area (Å²) >= 11 is 6.19. The van der Waals surface area contributed by atoms with Gasteiger partial charge in [0, 0.05) is 17.6 Å². The molecule has 0 radical (unpaired) electrons. The molecule has 27 heavy (non-hydrogen) atoms. The molecule has 2 aromatic rings. The van der Waals surface area contributed by atoms with E-state index in [1.54, 1.807) is 7.11 Å². The van der Waals surface area contributed by atoms with Crippen LogP contribution in [0.1, 0.15) is 30.4 Å². The lowest BCUT2D eigenvalue weighted by Crippen LogP contribution is -2.22. The Morgan fingerprint density at radius 1 is 1.11 bits per heavy atom. The van der Waals surface area contributed by atoms with Gasteiger partial charge in [0.1, 0.15) is 12.4 Å². The first-order chi connectivity index (χ1) is 13.3. The summed E-state index contributed by atoms with van der Waals surface area (Å²) in [6, 6.07) is 12.1. The highest BCUT2D eigenvalue weighted by Crippen LogP contribution is 2.37. The van der Waals surface area contributed by atoms with Crippen molar-refractivity contribution in [1.82, 2.24) is 5.32 Å². The molecule has 3 rings (SSSR count). The van der Waals surface area contributed by atoms with Crippen molar-refractivity contribution in [2.75, 3.05) is 33.4 Å². The molecule has 0 unspecified atom stereocenters. The predicted molar refractivity (Wildman–Crippen MR) is 110 cm³/mol. The van der Waals surface area contributed by atoms with E-state index in [1.165, 1.54) is 5.56 Å². The molecular formula is C22H28ClNO3. The second-order valence-corrected chi connectivity index (χ2v) is 7.18. The van der Waals surface area contributed by atoms with Crippen LogP contribution >= 0.6 is 11.6 Å². The highest BCUT2D eigenvalue weighted by Gasteiger charge is 2.17. The highest BCUT2D eigenvalue weighted by molar-refractivity contribution is 6.30. The standard InChI is InChI=1S/C22H28ClNO3/c1-25-20-9-7-17(8-10-20)5-2-3-11-24-12-14-26-21-16-19(23)15-18-6-4-13-27-22(18)21/h7-10,15-16,24H,2-6,11-14H2,1H3. The maximum Gasteiger partial charge on any atom is 0.164 e. The molecule has 0 saturated heterocycles. The van der Waals surface area contributed by atoms with Gasteiger partial charge < -0.3 is 19.5 Å². The lowest BCUT2D eigenvalue weighted by Gasteiger charge is -2.21. The number of ether oxygens (including phenoxy) is 3. The lowest BCUT2D eigenvalue weighted by atomic mass is 10.1. The van der Waals surface area contributed by atoms with E-state index in [2.05, 4.69) is 17.4 Å². The van der Waals surface area contributed by atoms with Crippen molar-refractivity contribution < 1.29 is 14.2 Å². The average molecular weight is 390 g/mol. The number of rotatable bonds is 10. The SMILES string of the molecule is COc1ccc(CCCCNCCOc2cc(Cl)cc3c2OCCC3)cc1. The summed E-state index contributed by atoms with van der Waals surface area (Å²) in [5.41, 5.74) is 2.50. The summed E-state index contributed by atoms with van der Waals surface area (Å²) in [4.78, 5) is 0. The summed E-state index contributed by atoms with van der Waals surface area (Å²) in [6.07, 6.45) is 5.43. The lowest BCUT2D eigenvalue weighted by molar-refractivity contribution is 0.251. The van der Waals surface area contributed by atoms with E-state index in [9.17, 15) is 0 Å². The van der Waals surface area contributed by atoms with Gasteiger partial charge in [0.2, 0.25) is 0 Å². The Morgan fingerprint density at radius 3 is 2.78 bits per heavy atom. The zero-order chi connectivity index (χ0) is 18.9. The van der Waals surface area contributed by atoms with E-state index in [0.29, 0.717) is 11.6 Å². The van der Waals surface area contributed by atoms with E-state index in [0.717, 1.165) is 74.6 Å². The van der Waals surface area contributed by atoms with Gasteiger partial charge in [-0.05, 0) is 68.0 Å². The predicted octanol–water partition coefficient (Wildman–Crippen LogP) is 4.66. The summed E-state index contributed by atoms with van der Waals surface area (Å²) < 4.78 is 16.8. The Hall–Kier alpha value is -1.91. The molecule has 1 aliphatic heterocycles. The third kappa shape index (κ3) is 6.05. The normalized spacial score (nSPS) is 13.0. The molecule has 146 valence electrons. The molecule has 1 aliphatic rings. The first kappa shape index (κ1) is 19.8. The fourth-order valence-electron chi connectivity index (χ4n) is 3.25. The van der Waals surface area contributed by atoms with Gasteiger partial charge in [0.15, 0.2) is 11.5 Å². The van der Waals surface area contributed by atoms with Crippen LogP contribution in [0, 0.1) is 0 Å². The van der Waals surface area contributed by atoms with Crippen molar-refractivity contribution in [3.8, 4) is 17.2 Å². The highest BCUT2D eigenvalue weighted by atomic mass is 35.5. The molecule has 0 aliphatic carbocycles. The van der Waals surface area contributed by atoms with Crippen molar-refractivity contribution in [3.63, 3.8) is 0 Å². The largest absolute Gasteiger partial charge is 0.497 e. The third-order valence-electron chi connectivity index (χ3n) is 4.70. The second-order valence-electron chi connectivity index (χ2n) is 6.75. The Kier molecular flexibility index (Phi) is 7.66. The van der Waals surface area contributed by atoms with Crippen LogP contribution < -0.4 is 19.5 Å². The smallest absolute Gasteiger partial charge is 0.164 e. The van der Waals surface area contributed by atoms with Gasteiger partial charge in [-0.1, -0.05) is 23.7 Å². The van der Waals surface area contributed by atoms with Gasteiger partial charge in [-0.2, -0.15) is 0 Å². The number of hydrogen-bond donors (Lipinski definition) is 1. The molecule has 5 heteroatoms. The van der Waals surface area contributed by atoms with Crippen LogP contribution in [0.25, 0.3) is 0 Å². The molecule has 4 nitrogen and oxygen atoms in total. The van der Waals surface area contributed by atoms with Crippen LogP contribution in [0.5, 0.6) is 17.2 Å². The number of benzene rings is 2. The minimum absolute atomic E-state index is 0.606. The summed E-state index contributed by atoms with van der Waals surface area (Å²) in [5.74, 6) is 2.54. The Balaban J connectivity index is 1.30. The van der Waals surface area contributed by atoms with Crippen molar-refractivity contribution in [3.05, 3.63) is 52.5 Å². The Morgan fingerprint density at radius 2 is 1.96 bits per heavy atom. The van der Waals surface area contributed by atoms with Crippen LogP contribution in [0.4, 0.5) is 0 Å². The molecule has 1 heterocycles. The van der Waals surface area contributed by atoms with Crippen LogP contribution in [0.2, 0.25) is 5.02 Å². The summed E-state index contributed by atoms with van der Waals surface area (Å²) in [7, 11) is 1.69. The van der Waals surface area contributed by atoms with Crippen molar-refractivity contribution in [1.29, 1.82) is 0 Å². The van der Waals surface area contributed by atoms with Crippen LogP contribution in [0.15, 0.2) is 36.4 Å².